The number of benzene rings is 1. The van der Waals surface area contributed by atoms with Gasteiger partial charge in [-0.3, -0.25) is 4.90 Å². The van der Waals surface area contributed by atoms with E-state index in [9.17, 15) is 0 Å². The highest BCUT2D eigenvalue weighted by Crippen LogP contribution is 2.20. The Kier molecular flexibility index (Phi) is 3.69. The fourth-order valence-electron chi connectivity index (χ4n) is 1.96. The molecule has 88 valence electrons. The fraction of sp³-hybridized carbons (Fsp3) is 0.500. The molecule has 2 N–H and O–H groups in total. The van der Waals surface area contributed by atoms with Crippen molar-refractivity contribution in [3.05, 3.63) is 28.8 Å². The number of hydrogen-bond donors (Lipinski definition) is 1. The normalized spacial score (nSPS) is 18.9. The van der Waals surface area contributed by atoms with Crippen LogP contribution in [0.3, 0.4) is 0 Å². The molecule has 1 aliphatic rings. The highest BCUT2D eigenvalue weighted by Gasteiger charge is 2.14. The number of rotatable bonds is 2. The summed E-state index contributed by atoms with van der Waals surface area (Å²) < 4.78 is 0. The molecule has 4 heteroatoms. The molecule has 0 aliphatic carbocycles. The minimum atomic E-state index is 0.762. The van der Waals surface area contributed by atoms with Gasteiger partial charge in [0.25, 0.3) is 0 Å². The standard InChI is InChI=1S/C12H18ClN3/c1-15-4-6-16(7-5-15)9-10-8-11(13)2-3-12(10)14/h2-3,8H,4-7,9,14H2,1H3. The summed E-state index contributed by atoms with van der Waals surface area (Å²) >= 11 is 5.98. The molecule has 1 saturated heterocycles. The molecular weight excluding hydrogens is 222 g/mol. The summed E-state index contributed by atoms with van der Waals surface area (Å²) in [5.74, 6) is 0. The average Bonchev–Trinajstić information content (AvgIpc) is 2.27. The lowest BCUT2D eigenvalue weighted by Gasteiger charge is -2.32. The first-order valence-electron chi connectivity index (χ1n) is 5.60. The van der Waals surface area contributed by atoms with Crippen LogP contribution in [0.25, 0.3) is 0 Å². The van der Waals surface area contributed by atoms with E-state index in [-0.39, 0.29) is 0 Å². The number of piperazine rings is 1. The Morgan fingerprint density at radius 2 is 1.94 bits per heavy atom. The van der Waals surface area contributed by atoms with Crippen LogP contribution < -0.4 is 5.73 Å². The molecular formula is C12H18ClN3. The zero-order chi connectivity index (χ0) is 11.5. The molecule has 0 saturated carbocycles. The topological polar surface area (TPSA) is 32.5 Å². The monoisotopic (exact) mass is 239 g/mol. The van der Waals surface area contributed by atoms with Crippen molar-refractivity contribution < 1.29 is 0 Å². The predicted octanol–water partition coefficient (Wildman–Crippen LogP) is 1.67. The summed E-state index contributed by atoms with van der Waals surface area (Å²) in [6.45, 7) is 5.35. The van der Waals surface area contributed by atoms with Gasteiger partial charge in [-0.15, -0.1) is 0 Å². The molecule has 0 bridgehead atoms. The van der Waals surface area contributed by atoms with Crippen LogP contribution in [0, 0.1) is 0 Å². The zero-order valence-corrected chi connectivity index (χ0v) is 10.4. The van der Waals surface area contributed by atoms with Gasteiger partial charge in [0.15, 0.2) is 0 Å². The second-order valence-electron chi connectivity index (χ2n) is 4.42. The van der Waals surface area contributed by atoms with E-state index >= 15 is 0 Å². The Morgan fingerprint density at radius 1 is 1.25 bits per heavy atom. The molecule has 0 amide bonds. The third kappa shape index (κ3) is 2.88. The maximum absolute atomic E-state index is 5.98. The van der Waals surface area contributed by atoms with Crippen LogP contribution in [0.15, 0.2) is 18.2 Å². The highest BCUT2D eigenvalue weighted by atomic mass is 35.5. The van der Waals surface area contributed by atoms with E-state index in [4.69, 9.17) is 17.3 Å². The van der Waals surface area contributed by atoms with Crippen LogP contribution >= 0.6 is 11.6 Å². The summed E-state index contributed by atoms with van der Waals surface area (Å²) in [6.07, 6.45) is 0. The number of nitrogens with zero attached hydrogens (tertiary/aromatic N) is 2. The second-order valence-corrected chi connectivity index (χ2v) is 4.86. The number of nitrogens with two attached hydrogens (primary N) is 1. The van der Waals surface area contributed by atoms with Crippen LogP contribution in [-0.4, -0.2) is 43.0 Å². The average molecular weight is 240 g/mol. The van der Waals surface area contributed by atoms with Crippen LogP contribution in [0.5, 0.6) is 0 Å². The number of halogens is 1. The lowest BCUT2D eigenvalue weighted by molar-refractivity contribution is 0.148. The van der Waals surface area contributed by atoms with Crippen LogP contribution in [-0.2, 0) is 6.54 Å². The first-order chi connectivity index (χ1) is 7.65. The van der Waals surface area contributed by atoms with Crippen LogP contribution in [0.1, 0.15) is 5.56 Å². The van der Waals surface area contributed by atoms with Gasteiger partial charge < -0.3 is 10.6 Å². The Labute approximate surface area is 102 Å². The van der Waals surface area contributed by atoms with Crippen molar-refractivity contribution in [1.29, 1.82) is 0 Å². The number of hydrogen-bond acceptors (Lipinski definition) is 3. The van der Waals surface area contributed by atoms with Gasteiger partial charge in [-0.1, -0.05) is 11.6 Å². The smallest absolute Gasteiger partial charge is 0.0410 e. The lowest BCUT2D eigenvalue weighted by Crippen LogP contribution is -2.43. The quantitative estimate of drug-likeness (QED) is 0.797. The van der Waals surface area contributed by atoms with Gasteiger partial charge in [-0.2, -0.15) is 0 Å². The van der Waals surface area contributed by atoms with Crippen molar-refractivity contribution in [2.45, 2.75) is 6.54 Å². The van der Waals surface area contributed by atoms with Crippen molar-refractivity contribution in [3.63, 3.8) is 0 Å². The number of nitrogen functional groups attached to an aromatic ring is 1. The summed E-state index contributed by atoms with van der Waals surface area (Å²) in [7, 11) is 2.16. The van der Waals surface area contributed by atoms with E-state index in [1.807, 2.05) is 18.2 Å². The summed E-state index contributed by atoms with van der Waals surface area (Å²) in [4.78, 5) is 4.76. The third-order valence-electron chi connectivity index (χ3n) is 3.09. The van der Waals surface area contributed by atoms with E-state index in [1.54, 1.807) is 0 Å². The number of anilines is 1. The molecule has 2 rings (SSSR count). The van der Waals surface area contributed by atoms with E-state index in [0.29, 0.717) is 0 Å². The van der Waals surface area contributed by atoms with E-state index in [1.165, 1.54) is 0 Å². The van der Waals surface area contributed by atoms with E-state index in [0.717, 1.165) is 49.0 Å². The molecule has 3 nitrogen and oxygen atoms in total. The molecule has 0 radical (unpaired) electrons. The predicted molar refractivity (Wildman–Crippen MR) is 68.6 cm³/mol. The summed E-state index contributed by atoms with van der Waals surface area (Å²) in [5, 5.41) is 0.762. The molecule has 1 fully saturated rings. The first-order valence-corrected chi connectivity index (χ1v) is 5.98. The molecule has 1 aromatic carbocycles. The van der Waals surface area contributed by atoms with Crippen molar-refractivity contribution in [2.75, 3.05) is 39.0 Å². The molecule has 16 heavy (non-hydrogen) atoms. The van der Waals surface area contributed by atoms with Gasteiger partial charge in [0.2, 0.25) is 0 Å². The van der Waals surface area contributed by atoms with Crippen LogP contribution in [0.2, 0.25) is 5.02 Å². The molecule has 0 aromatic heterocycles. The minimum Gasteiger partial charge on any atom is -0.398 e. The van der Waals surface area contributed by atoms with Crippen molar-refractivity contribution >= 4 is 17.3 Å². The van der Waals surface area contributed by atoms with Crippen molar-refractivity contribution in [2.24, 2.45) is 0 Å². The zero-order valence-electron chi connectivity index (χ0n) is 9.62. The van der Waals surface area contributed by atoms with Crippen molar-refractivity contribution in [1.82, 2.24) is 9.80 Å². The molecule has 1 heterocycles. The highest BCUT2D eigenvalue weighted by molar-refractivity contribution is 6.30. The number of likely N-dealkylation sites (N-methyl/N-ethyl adjacent to an activating group) is 1. The van der Waals surface area contributed by atoms with Gasteiger partial charge in [-0.05, 0) is 30.8 Å². The molecule has 1 aromatic rings. The summed E-state index contributed by atoms with van der Waals surface area (Å²) in [6, 6.07) is 5.69. The van der Waals surface area contributed by atoms with Crippen LogP contribution in [0.4, 0.5) is 5.69 Å². The SMILES string of the molecule is CN1CCN(Cc2cc(Cl)ccc2N)CC1. The maximum atomic E-state index is 5.98. The molecule has 0 unspecified atom stereocenters. The summed E-state index contributed by atoms with van der Waals surface area (Å²) in [5.41, 5.74) is 7.91. The van der Waals surface area contributed by atoms with Gasteiger partial charge in [-0.25, -0.2) is 0 Å². The second kappa shape index (κ2) is 5.04. The Balaban J connectivity index is 2.00. The van der Waals surface area contributed by atoms with E-state index < -0.39 is 0 Å². The molecule has 1 aliphatic heterocycles. The van der Waals surface area contributed by atoms with Gasteiger partial charge >= 0.3 is 0 Å². The lowest BCUT2D eigenvalue weighted by atomic mass is 10.1. The minimum absolute atomic E-state index is 0.762. The largest absolute Gasteiger partial charge is 0.398 e. The fourth-order valence-corrected chi connectivity index (χ4v) is 2.15. The third-order valence-corrected chi connectivity index (χ3v) is 3.33. The molecule has 0 atom stereocenters. The van der Waals surface area contributed by atoms with Gasteiger partial charge in [0, 0.05) is 43.4 Å². The Hall–Kier alpha value is -0.770. The maximum Gasteiger partial charge on any atom is 0.0410 e. The first kappa shape index (κ1) is 11.7. The van der Waals surface area contributed by atoms with Gasteiger partial charge in [0.05, 0.1) is 0 Å². The van der Waals surface area contributed by atoms with Crippen molar-refractivity contribution in [3.8, 4) is 0 Å². The Bertz CT molecular complexity index is 359. The Morgan fingerprint density at radius 3 is 2.62 bits per heavy atom. The van der Waals surface area contributed by atoms with Gasteiger partial charge in [0.1, 0.15) is 0 Å². The van der Waals surface area contributed by atoms with E-state index in [2.05, 4.69) is 16.8 Å². The molecule has 0 spiro atoms.